The van der Waals surface area contributed by atoms with E-state index in [0.29, 0.717) is 18.9 Å². The highest BCUT2D eigenvalue weighted by Gasteiger charge is 1.96. The highest BCUT2D eigenvalue weighted by molar-refractivity contribution is 9.10. The normalized spacial score (nSPS) is 10.5. The van der Waals surface area contributed by atoms with Crippen molar-refractivity contribution in [3.63, 3.8) is 0 Å². The van der Waals surface area contributed by atoms with Crippen molar-refractivity contribution in [3.05, 3.63) is 59.0 Å². The number of aromatic nitrogens is 2. The molecule has 0 bridgehead atoms. The van der Waals surface area contributed by atoms with Crippen LogP contribution in [0.1, 0.15) is 5.56 Å². The zero-order valence-electron chi connectivity index (χ0n) is 11.3. The van der Waals surface area contributed by atoms with Gasteiger partial charge in [-0.2, -0.15) is 0 Å². The van der Waals surface area contributed by atoms with Crippen LogP contribution in [0.3, 0.4) is 0 Å². The quantitative estimate of drug-likeness (QED) is 0.622. The molecule has 0 atom stereocenters. The van der Waals surface area contributed by atoms with Gasteiger partial charge >= 0.3 is 0 Å². The van der Waals surface area contributed by atoms with Gasteiger partial charge in [0.25, 0.3) is 0 Å². The first-order chi connectivity index (χ1) is 10.2. The summed E-state index contributed by atoms with van der Waals surface area (Å²) >= 11 is 3.37. The zero-order valence-corrected chi connectivity index (χ0v) is 12.9. The smallest absolute Gasteiger partial charge is 0.244 e. The summed E-state index contributed by atoms with van der Waals surface area (Å²) in [6.07, 6.45) is 8.15. The standard InChI is InChI=1S/C15H15BrN4O/c16-13-4-1-12(2-5-13)3-6-15(21)20-10-9-19-14-11-17-7-8-18-14/h1-8,11H,9-10H2,(H,18,19)(H,20,21). The number of hydrogen-bond donors (Lipinski definition) is 2. The Morgan fingerprint density at radius 3 is 2.71 bits per heavy atom. The van der Waals surface area contributed by atoms with Gasteiger partial charge in [-0.05, 0) is 23.8 Å². The summed E-state index contributed by atoms with van der Waals surface area (Å²) in [4.78, 5) is 19.6. The van der Waals surface area contributed by atoms with Gasteiger partial charge in [-0.3, -0.25) is 9.78 Å². The third-order valence-electron chi connectivity index (χ3n) is 2.59. The van der Waals surface area contributed by atoms with Crippen LogP contribution in [0, 0.1) is 0 Å². The van der Waals surface area contributed by atoms with Crippen molar-refractivity contribution in [2.75, 3.05) is 18.4 Å². The first-order valence-corrected chi connectivity index (χ1v) is 7.25. The van der Waals surface area contributed by atoms with Gasteiger partial charge in [-0.1, -0.05) is 28.1 Å². The molecule has 5 nitrogen and oxygen atoms in total. The molecule has 0 fully saturated rings. The van der Waals surface area contributed by atoms with Crippen molar-refractivity contribution in [1.29, 1.82) is 0 Å². The lowest BCUT2D eigenvalue weighted by molar-refractivity contribution is -0.116. The van der Waals surface area contributed by atoms with Crippen LogP contribution in [-0.2, 0) is 4.79 Å². The van der Waals surface area contributed by atoms with Crippen LogP contribution >= 0.6 is 15.9 Å². The zero-order chi connectivity index (χ0) is 14.9. The summed E-state index contributed by atoms with van der Waals surface area (Å²) in [5.74, 6) is 0.566. The maximum absolute atomic E-state index is 11.6. The molecule has 1 aromatic heterocycles. The van der Waals surface area contributed by atoms with E-state index in [9.17, 15) is 4.79 Å². The predicted molar refractivity (Wildman–Crippen MR) is 86.7 cm³/mol. The fraction of sp³-hybridized carbons (Fsp3) is 0.133. The van der Waals surface area contributed by atoms with Crippen LogP contribution in [0.5, 0.6) is 0 Å². The number of halogens is 1. The number of hydrogen-bond acceptors (Lipinski definition) is 4. The van der Waals surface area contributed by atoms with E-state index in [4.69, 9.17) is 0 Å². The van der Waals surface area contributed by atoms with Gasteiger partial charge < -0.3 is 10.6 Å². The second-order valence-electron chi connectivity index (χ2n) is 4.19. The largest absolute Gasteiger partial charge is 0.367 e. The van der Waals surface area contributed by atoms with Gasteiger partial charge in [0.05, 0.1) is 6.20 Å². The van der Waals surface area contributed by atoms with Crippen molar-refractivity contribution in [3.8, 4) is 0 Å². The average molecular weight is 347 g/mol. The molecular weight excluding hydrogens is 332 g/mol. The number of carbonyl (C=O) groups excluding carboxylic acids is 1. The van der Waals surface area contributed by atoms with Crippen molar-refractivity contribution in [2.45, 2.75) is 0 Å². The van der Waals surface area contributed by atoms with E-state index in [1.807, 2.05) is 24.3 Å². The molecule has 2 rings (SSSR count). The number of nitrogens with one attached hydrogen (secondary N) is 2. The first-order valence-electron chi connectivity index (χ1n) is 6.45. The van der Waals surface area contributed by atoms with Gasteiger partial charge in [-0.15, -0.1) is 0 Å². The lowest BCUT2D eigenvalue weighted by Gasteiger charge is -2.05. The predicted octanol–water partition coefficient (Wildman–Crippen LogP) is 2.48. The Hall–Kier alpha value is -2.21. The molecule has 0 aliphatic heterocycles. The second-order valence-corrected chi connectivity index (χ2v) is 5.11. The van der Waals surface area contributed by atoms with Gasteiger partial charge in [0.15, 0.2) is 0 Å². The molecular formula is C15H15BrN4O. The molecule has 1 heterocycles. The number of nitrogens with zero attached hydrogens (tertiary/aromatic N) is 2. The molecule has 1 aromatic carbocycles. The lowest BCUT2D eigenvalue weighted by atomic mass is 10.2. The van der Waals surface area contributed by atoms with Crippen LogP contribution in [0.15, 0.2) is 53.4 Å². The Labute approximate surface area is 131 Å². The maximum Gasteiger partial charge on any atom is 0.244 e. The topological polar surface area (TPSA) is 66.9 Å². The van der Waals surface area contributed by atoms with E-state index in [0.717, 1.165) is 10.0 Å². The van der Waals surface area contributed by atoms with Gasteiger partial charge in [-0.25, -0.2) is 4.98 Å². The highest BCUT2D eigenvalue weighted by atomic mass is 79.9. The molecule has 0 radical (unpaired) electrons. The molecule has 2 aromatic rings. The summed E-state index contributed by atoms with van der Waals surface area (Å²) in [6.45, 7) is 1.11. The lowest BCUT2D eigenvalue weighted by Crippen LogP contribution is -2.27. The van der Waals surface area contributed by atoms with Crippen LogP contribution in [0.2, 0.25) is 0 Å². The minimum Gasteiger partial charge on any atom is -0.367 e. The second kappa shape index (κ2) is 8.16. The van der Waals surface area contributed by atoms with Gasteiger partial charge in [0.1, 0.15) is 5.82 Å². The van der Waals surface area contributed by atoms with Crippen LogP contribution in [-0.4, -0.2) is 29.0 Å². The van der Waals surface area contributed by atoms with E-state index >= 15 is 0 Å². The average Bonchev–Trinajstić information content (AvgIpc) is 2.52. The fourth-order valence-corrected chi connectivity index (χ4v) is 1.84. The summed E-state index contributed by atoms with van der Waals surface area (Å²) in [5.41, 5.74) is 0.978. The Bertz CT molecular complexity index is 599. The Morgan fingerprint density at radius 2 is 2.00 bits per heavy atom. The minimum atomic E-state index is -0.126. The highest BCUT2D eigenvalue weighted by Crippen LogP contribution is 2.11. The minimum absolute atomic E-state index is 0.126. The third kappa shape index (κ3) is 5.74. The molecule has 1 amide bonds. The Kier molecular flexibility index (Phi) is 5.90. The number of benzene rings is 1. The Balaban J connectivity index is 1.69. The number of rotatable bonds is 6. The van der Waals surface area contributed by atoms with Crippen molar-refractivity contribution in [1.82, 2.24) is 15.3 Å². The molecule has 0 unspecified atom stereocenters. The summed E-state index contributed by atoms with van der Waals surface area (Å²) in [5, 5.41) is 5.85. The number of anilines is 1. The molecule has 21 heavy (non-hydrogen) atoms. The van der Waals surface area contributed by atoms with Crippen molar-refractivity contribution < 1.29 is 4.79 Å². The monoisotopic (exact) mass is 346 g/mol. The van der Waals surface area contributed by atoms with E-state index in [1.165, 1.54) is 6.08 Å². The van der Waals surface area contributed by atoms with E-state index in [-0.39, 0.29) is 5.91 Å². The fourth-order valence-electron chi connectivity index (χ4n) is 1.57. The third-order valence-corrected chi connectivity index (χ3v) is 3.12. The first kappa shape index (κ1) is 15.2. The molecule has 2 N–H and O–H groups in total. The summed E-state index contributed by atoms with van der Waals surface area (Å²) in [6, 6.07) is 7.73. The Morgan fingerprint density at radius 1 is 1.19 bits per heavy atom. The number of amides is 1. The molecule has 0 saturated carbocycles. The molecule has 0 aliphatic rings. The van der Waals surface area contributed by atoms with E-state index in [2.05, 4.69) is 36.5 Å². The maximum atomic E-state index is 11.6. The van der Waals surface area contributed by atoms with Crippen LogP contribution in [0.25, 0.3) is 6.08 Å². The SMILES string of the molecule is O=C(C=Cc1ccc(Br)cc1)NCCNc1cnccn1. The van der Waals surface area contributed by atoms with Gasteiger partial charge in [0, 0.05) is 36.0 Å². The van der Waals surface area contributed by atoms with Crippen molar-refractivity contribution >= 4 is 33.7 Å². The van der Waals surface area contributed by atoms with Crippen LogP contribution in [0.4, 0.5) is 5.82 Å². The summed E-state index contributed by atoms with van der Waals surface area (Å²) < 4.78 is 1.01. The molecule has 0 aliphatic carbocycles. The molecule has 108 valence electrons. The van der Waals surface area contributed by atoms with Gasteiger partial charge in [0.2, 0.25) is 5.91 Å². The van der Waals surface area contributed by atoms with E-state index < -0.39 is 0 Å². The number of carbonyl (C=O) groups is 1. The molecule has 6 heteroatoms. The summed E-state index contributed by atoms with van der Waals surface area (Å²) in [7, 11) is 0. The van der Waals surface area contributed by atoms with E-state index in [1.54, 1.807) is 24.7 Å². The van der Waals surface area contributed by atoms with Crippen molar-refractivity contribution in [2.24, 2.45) is 0 Å². The van der Waals surface area contributed by atoms with Crippen LogP contribution < -0.4 is 10.6 Å². The molecule has 0 saturated heterocycles. The molecule has 0 spiro atoms.